The third-order valence-corrected chi connectivity index (χ3v) is 3.43. The molecule has 0 spiro atoms. The fourth-order valence-corrected chi connectivity index (χ4v) is 2.14. The van der Waals surface area contributed by atoms with Gasteiger partial charge in [-0.15, -0.1) is 0 Å². The highest BCUT2D eigenvalue weighted by molar-refractivity contribution is 5.76. The van der Waals surface area contributed by atoms with Crippen LogP contribution in [0, 0.1) is 18.6 Å². The molecule has 2 aromatic carbocycles. The van der Waals surface area contributed by atoms with Gasteiger partial charge in [0.2, 0.25) is 5.91 Å². The van der Waals surface area contributed by atoms with Crippen molar-refractivity contribution in [2.24, 2.45) is 0 Å². The van der Waals surface area contributed by atoms with E-state index in [2.05, 4.69) is 5.32 Å². The topological polar surface area (TPSA) is 38.3 Å². The second-order valence-corrected chi connectivity index (χ2v) is 5.37. The summed E-state index contributed by atoms with van der Waals surface area (Å²) in [6, 6.07) is 10.3. The number of aryl methyl sites for hydroxylation is 1. The van der Waals surface area contributed by atoms with Crippen LogP contribution < -0.4 is 10.1 Å². The SMILES string of the molecule is Cc1ccc(OCCC(=O)NC(C)c2ccc(F)cc2F)cc1. The summed E-state index contributed by atoms with van der Waals surface area (Å²) in [6.07, 6.45) is 0.154. The number of amides is 1. The summed E-state index contributed by atoms with van der Waals surface area (Å²) in [6.45, 7) is 3.86. The van der Waals surface area contributed by atoms with E-state index in [1.54, 1.807) is 6.92 Å². The number of halogens is 2. The smallest absolute Gasteiger partial charge is 0.223 e. The first-order valence-electron chi connectivity index (χ1n) is 7.39. The Bertz CT molecular complexity index is 671. The average molecular weight is 319 g/mol. The van der Waals surface area contributed by atoms with E-state index in [9.17, 15) is 13.6 Å². The van der Waals surface area contributed by atoms with Crippen LogP contribution in [0.3, 0.4) is 0 Å². The molecule has 2 rings (SSSR count). The van der Waals surface area contributed by atoms with Crippen molar-refractivity contribution in [3.63, 3.8) is 0 Å². The van der Waals surface area contributed by atoms with Crippen molar-refractivity contribution in [1.82, 2.24) is 5.32 Å². The van der Waals surface area contributed by atoms with Gasteiger partial charge < -0.3 is 10.1 Å². The Morgan fingerprint density at radius 1 is 1.17 bits per heavy atom. The van der Waals surface area contributed by atoms with Gasteiger partial charge in [0.15, 0.2) is 0 Å². The van der Waals surface area contributed by atoms with Gasteiger partial charge in [0, 0.05) is 11.6 Å². The van der Waals surface area contributed by atoms with Gasteiger partial charge in [-0.25, -0.2) is 8.78 Å². The van der Waals surface area contributed by atoms with Crippen LogP contribution in [-0.2, 0) is 4.79 Å². The second kappa shape index (κ2) is 7.72. The first-order chi connectivity index (χ1) is 11.0. The number of hydrogen-bond acceptors (Lipinski definition) is 2. The highest BCUT2D eigenvalue weighted by Crippen LogP contribution is 2.18. The molecule has 23 heavy (non-hydrogen) atoms. The molecule has 1 amide bonds. The molecule has 122 valence electrons. The van der Waals surface area contributed by atoms with E-state index in [-0.39, 0.29) is 24.5 Å². The predicted molar refractivity (Wildman–Crippen MR) is 84.2 cm³/mol. The van der Waals surface area contributed by atoms with E-state index >= 15 is 0 Å². The van der Waals surface area contributed by atoms with E-state index < -0.39 is 17.7 Å². The maximum absolute atomic E-state index is 13.6. The van der Waals surface area contributed by atoms with Crippen LogP contribution in [0.15, 0.2) is 42.5 Å². The fraction of sp³-hybridized carbons (Fsp3) is 0.278. The zero-order chi connectivity index (χ0) is 16.8. The number of carbonyl (C=O) groups excluding carboxylic acids is 1. The number of benzene rings is 2. The van der Waals surface area contributed by atoms with Gasteiger partial charge in [0.05, 0.1) is 19.1 Å². The van der Waals surface area contributed by atoms with Gasteiger partial charge in [0.1, 0.15) is 17.4 Å². The minimum absolute atomic E-state index is 0.154. The number of rotatable bonds is 6. The molecular weight excluding hydrogens is 300 g/mol. The third kappa shape index (κ3) is 5.06. The third-order valence-electron chi connectivity index (χ3n) is 3.43. The quantitative estimate of drug-likeness (QED) is 0.876. The summed E-state index contributed by atoms with van der Waals surface area (Å²) in [5, 5.41) is 2.67. The highest BCUT2D eigenvalue weighted by Gasteiger charge is 2.14. The molecule has 0 bridgehead atoms. The summed E-state index contributed by atoms with van der Waals surface area (Å²) in [5.74, 6) is -0.876. The molecule has 1 N–H and O–H groups in total. The Labute approximate surface area is 134 Å². The number of carbonyl (C=O) groups is 1. The molecule has 1 atom stereocenters. The van der Waals surface area contributed by atoms with Crippen LogP contribution in [0.5, 0.6) is 5.75 Å². The van der Waals surface area contributed by atoms with Gasteiger partial charge >= 0.3 is 0 Å². The molecular formula is C18H19F2NO2. The molecule has 0 fully saturated rings. The number of nitrogens with one attached hydrogen (secondary N) is 1. The van der Waals surface area contributed by atoms with Crippen molar-refractivity contribution in [2.45, 2.75) is 26.3 Å². The predicted octanol–water partition coefficient (Wildman–Crippen LogP) is 3.92. The average Bonchev–Trinajstić information content (AvgIpc) is 2.49. The molecule has 0 aromatic heterocycles. The summed E-state index contributed by atoms with van der Waals surface area (Å²) in [7, 11) is 0. The lowest BCUT2D eigenvalue weighted by atomic mass is 10.1. The Balaban J connectivity index is 1.81. The lowest BCUT2D eigenvalue weighted by molar-refractivity contribution is -0.122. The molecule has 0 saturated heterocycles. The molecule has 0 aliphatic carbocycles. The molecule has 0 saturated carbocycles. The first kappa shape index (κ1) is 16.9. The van der Waals surface area contributed by atoms with Crippen molar-refractivity contribution in [3.05, 3.63) is 65.2 Å². The van der Waals surface area contributed by atoms with Gasteiger partial charge in [0.25, 0.3) is 0 Å². The van der Waals surface area contributed by atoms with Crippen LogP contribution in [-0.4, -0.2) is 12.5 Å². The molecule has 2 aromatic rings. The van der Waals surface area contributed by atoms with Crippen molar-refractivity contribution in [2.75, 3.05) is 6.61 Å². The zero-order valence-corrected chi connectivity index (χ0v) is 13.1. The lowest BCUT2D eigenvalue weighted by Gasteiger charge is -2.15. The molecule has 3 nitrogen and oxygen atoms in total. The van der Waals surface area contributed by atoms with Gasteiger partial charge in [-0.3, -0.25) is 4.79 Å². The van der Waals surface area contributed by atoms with Crippen molar-refractivity contribution >= 4 is 5.91 Å². The van der Waals surface area contributed by atoms with Crippen LogP contribution in [0.4, 0.5) is 8.78 Å². The highest BCUT2D eigenvalue weighted by atomic mass is 19.1. The Hall–Kier alpha value is -2.43. The largest absolute Gasteiger partial charge is 0.493 e. The minimum Gasteiger partial charge on any atom is -0.493 e. The van der Waals surface area contributed by atoms with Crippen molar-refractivity contribution in [3.8, 4) is 5.75 Å². The van der Waals surface area contributed by atoms with Crippen molar-refractivity contribution in [1.29, 1.82) is 0 Å². The zero-order valence-electron chi connectivity index (χ0n) is 13.1. The van der Waals surface area contributed by atoms with Crippen LogP contribution in [0.2, 0.25) is 0 Å². The molecule has 0 aliphatic rings. The van der Waals surface area contributed by atoms with Crippen LogP contribution in [0.25, 0.3) is 0 Å². The standard InChI is InChI=1S/C18H19F2NO2/c1-12-3-6-15(7-4-12)23-10-9-18(22)21-13(2)16-8-5-14(19)11-17(16)20/h3-8,11,13H,9-10H2,1-2H3,(H,21,22). The second-order valence-electron chi connectivity index (χ2n) is 5.37. The summed E-state index contributed by atoms with van der Waals surface area (Å²) >= 11 is 0. The molecule has 0 radical (unpaired) electrons. The molecule has 5 heteroatoms. The van der Waals surface area contributed by atoms with Crippen molar-refractivity contribution < 1.29 is 18.3 Å². The Morgan fingerprint density at radius 3 is 2.52 bits per heavy atom. The summed E-state index contributed by atoms with van der Waals surface area (Å²) < 4.78 is 32.0. The van der Waals surface area contributed by atoms with E-state index in [0.717, 1.165) is 11.6 Å². The number of ether oxygens (including phenoxy) is 1. The Kier molecular flexibility index (Phi) is 5.68. The summed E-state index contributed by atoms with van der Waals surface area (Å²) in [5.41, 5.74) is 1.38. The monoisotopic (exact) mass is 319 g/mol. The molecule has 0 aliphatic heterocycles. The molecule has 1 unspecified atom stereocenters. The van der Waals surface area contributed by atoms with Gasteiger partial charge in [-0.05, 0) is 32.0 Å². The van der Waals surface area contributed by atoms with E-state index in [1.165, 1.54) is 12.1 Å². The maximum atomic E-state index is 13.6. The van der Waals surface area contributed by atoms with E-state index in [4.69, 9.17) is 4.74 Å². The normalized spacial score (nSPS) is 11.8. The summed E-state index contributed by atoms with van der Waals surface area (Å²) in [4.78, 5) is 11.9. The van der Waals surface area contributed by atoms with E-state index in [1.807, 2.05) is 31.2 Å². The molecule has 0 heterocycles. The first-order valence-corrected chi connectivity index (χ1v) is 7.39. The van der Waals surface area contributed by atoms with Crippen LogP contribution >= 0.6 is 0 Å². The van der Waals surface area contributed by atoms with Gasteiger partial charge in [-0.2, -0.15) is 0 Å². The Morgan fingerprint density at radius 2 is 1.87 bits per heavy atom. The van der Waals surface area contributed by atoms with Crippen LogP contribution in [0.1, 0.15) is 30.5 Å². The van der Waals surface area contributed by atoms with Gasteiger partial charge in [-0.1, -0.05) is 23.8 Å². The fourth-order valence-electron chi connectivity index (χ4n) is 2.14. The number of hydrogen-bond donors (Lipinski definition) is 1. The van der Waals surface area contributed by atoms with E-state index in [0.29, 0.717) is 5.75 Å². The maximum Gasteiger partial charge on any atom is 0.223 e. The lowest BCUT2D eigenvalue weighted by Crippen LogP contribution is -2.28. The minimum atomic E-state index is -0.672.